The minimum Gasteiger partial charge on any atom is -0.374 e. The van der Waals surface area contributed by atoms with E-state index in [9.17, 15) is 0 Å². The van der Waals surface area contributed by atoms with Gasteiger partial charge in [-0.15, -0.1) is 0 Å². The van der Waals surface area contributed by atoms with Gasteiger partial charge in [-0.05, 0) is 66.5 Å². The van der Waals surface area contributed by atoms with Gasteiger partial charge in [-0.3, -0.25) is 11.3 Å². The van der Waals surface area contributed by atoms with Crippen LogP contribution in [0, 0.1) is 3.57 Å². The topological polar surface area (TPSA) is 47.3 Å². The van der Waals surface area contributed by atoms with Gasteiger partial charge in [0.15, 0.2) is 0 Å². The Morgan fingerprint density at radius 1 is 1.41 bits per heavy atom. The highest BCUT2D eigenvalue weighted by molar-refractivity contribution is 14.1. The van der Waals surface area contributed by atoms with Gasteiger partial charge in [-0.1, -0.05) is 12.1 Å². The number of nitrogens with one attached hydrogen (secondary N) is 1. The molecule has 3 unspecified atom stereocenters. The number of benzene rings is 1. The summed E-state index contributed by atoms with van der Waals surface area (Å²) in [5.74, 6) is 5.64. The molecule has 1 aromatic carbocycles. The predicted molar refractivity (Wildman–Crippen MR) is 77.5 cm³/mol. The van der Waals surface area contributed by atoms with Gasteiger partial charge in [0.2, 0.25) is 0 Å². The zero-order valence-corrected chi connectivity index (χ0v) is 12.2. The number of hydrazine groups is 1. The van der Waals surface area contributed by atoms with Crippen molar-refractivity contribution in [2.24, 2.45) is 5.84 Å². The standard InChI is InChI=1S/C13H19IN2O/c1-9-2-7-13(17-9)12(16-15)8-10-3-5-11(14)6-4-10/h3-6,9,12-13,16H,2,7-8,15H2,1H3. The number of hydrogen-bond donors (Lipinski definition) is 2. The summed E-state index contributed by atoms with van der Waals surface area (Å²) in [4.78, 5) is 0. The van der Waals surface area contributed by atoms with Gasteiger partial charge >= 0.3 is 0 Å². The Kier molecular flexibility index (Phi) is 4.78. The van der Waals surface area contributed by atoms with Crippen LogP contribution in [0.2, 0.25) is 0 Å². The Hall–Kier alpha value is -0.170. The van der Waals surface area contributed by atoms with Crippen molar-refractivity contribution in [2.45, 2.75) is 44.4 Å². The van der Waals surface area contributed by atoms with E-state index in [4.69, 9.17) is 10.6 Å². The molecule has 3 atom stereocenters. The van der Waals surface area contributed by atoms with Crippen LogP contribution in [0.4, 0.5) is 0 Å². The number of halogens is 1. The van der Waals surface area contributed by atoms with Crippen LogP contribution in [0.3, 0.4) is 0 Å². The van der Waals surface area contributed by atoms with E-state index in [1.54, 1.807) is 0 Å². The molecule has 1 fully saturated rings. The minimum absolute atomic E-state index is 0.208. The van der Waals surface area contributed by atoms with Crippen molar-refractivity contribution < 1.29 is 4.74 Å². The van der Waals surface area contributed by atoms with Crippen LogP contribution < -0.4 is 11.3 Å². The first-order valence-electron chi connectivity index (χ1n) is 6.05. The summed E-state index contributed by atoms with van der Waals surface area (Å²) in [6, 6.07) is 8.78. The zero-order valence-electron chi connectivity index (χ0n) is 10.0. The van der Waals surface area contributed by atoms with Gasteiger partial charge in [-0.25, -0.2) is 0 Å². The fraction of sp³-hybridized carbons (Fsp3) is 0.538. The second-order valence-corrected chi connectivity index (χ2v) is 5.91. The van der Waals surface area contributed by atoms with Crippen molar-refractivity contribution in [3.63, 3.8) is 0 Å². The average Bonchev–Trinajstić information content (AvgIpc) is 2.75. The molecule has 2 rings (SSSR count). The second-order valence-electron chi connectivity index (χ2n) is 4.67. The largest absolute Gasteiger partial charge is 0.374 e. The number of hydrogen-bond acceptors (Lipinski definition) is 3. The summed E-state index contributed by atoms with van der Waals surface area (Å²) in [6.45, 7) is 2.12. The molecule has 1 aromatic rings. The van der Waals surface area contributed by atoms with Crippen LogP contribution in [0.25, 0.3) is 0 Å². The third kappa shape index (κ3) is 3.64. The molecular weight excluding hydrogens is 327 g/mol. The highest BCUT2D eigenvalue weighted by Crippen LogP contribution is 2.23. The third-order valence-corrected chi connectivity index (χ3v) is 4.02. The fourth-order valence-electron chi connectivity index (χ4n) is 2.30. The maximum absolute atomic E-state index is 5.87. The highest BCUT2D eigenvalue weighted by Gasteiger charge is 2.28. The predicted octanol–water partition coefficient (Wildman–Crippen LogP) is 2.23. The zero-order chi connectivity index (χ0) is 12.3. The first-order valence-corrected chi connectivity index (χ1v) is 7.13. The SMILES string of the molecule is CC1CCC(C(Cc2ccc(I)cc2)NN)O1. The van der Waals surface area contributed by atoms with Gasteiger partial charge in [0, 0.05) is 3.57 Å². The minimum atomic E-state index is 0.208. The molecule has 4 heteroatoms. The van der Waals surface area contributed by atoms with Crippen molar-refractivity contribution >= 4 is 22.6 Å². The maximum atomic E-state index is 5.87. The average molecular weight is 346 g/mol. The van der Waals surface area contributed by atoms with Gasteiger partial charge in [0.05, 0.1) is 18.2 Å². The molecule has 1 heterocycles. The lowest BCUT2D eigenvalue weighted by Gasteiger charge is -2.22. The van der Waals surface area contributed by atoms with E-state index < -0.39 is 0 Å². The third-order valence-electron chi connectivity index (χ3n) is 3.30. The summed E-state index contributed by atoms with van der Waals surface area (Å²) in [6.07, 6.45) is 3.77. The second kappa shape index (κ2) is 6.13. The van der Waals surface area contributed by atoms with Gasteiger partial charge in [0.25, 0.3) is 0 Å². The molecule has 0 spiro atoms. The summed E-state index contributed by atoms with van der Waals surface area (Å²) in [7, 11) is 0. The first kappa shape index (κ1) is 13.3. The van der Waals surface area contributed by atoms with Gasteiger partial charge in [-0.2, -0.15) is 0 Å². The van der Waals surface area contributed by atoms with E-state index in [2.05, 4.69) is 59.2 Å². The van der Waals surface area contributed by atoms with Crippen molar-refractivity contribution in [2.75, 3.05) is 0 Å². The highest BCUT2D eigenvalue weighted by atomic mass is 127. The van der Waals surface area contributed by atoms with E-state index in [0.717, 1.165) is 19.3 Å². The Balaban J connectivity index is 1.97. The summed E-state index contributed by atoms with van der Waals surface area (Å²) in [5.41, 5.74) is 4.20. The molecule has 0 bridgehead atoms. The molecular formula is C13H19IN2O. The maximum Gasteiger partial charge on any atom is 0.0749 e. The Morgan fingerprint density at radius 3 is 2.65 bits per heavy atom. The number of rotatable bonds is 4. The van der Waals surface area contributed by atoms with Gasteiger partial charge < -0.3 is 4.74 Å². The van der Waals surface area contributed by atoms with Crippen molar-refractivity contribution in [1.82, 2.24) is 5.43 Å². The molecule has 1 saturated heterocycles. The molecule has 0 amide bonds. The number of nitrogens with two attached hydrogens (primary N) is 1. The van der Waals surface area contributed by atoms with Crippen molar-refractivity contribution in [3.8, 4) is 0 Å². The van der Waals surface area contributed by atoms with E-state index in [0.29, 0.717) is 6.10 Å². The van der Waals surface area contributed by atoms with E-state index in [1.807, 2.05) is 0 Å². The molecule has 0 aromatic heterocycles. The molecule has 0 radical (unpaired) electrons. The molecule has 1 aliphatic heterocycles. The normalized spacial score (nSPS) is 26.1. The molecule has 0 saturated carbocycles. The summed E-state index contributed by atoms with van der Waals surface area (Å²) < 4.78 is 7.12. The Labute approximate surface area is 116 Å². The monoisotopic (exact) mass is 346 g/mol. The summed E-state index contributed by atoms with van der Waals surface area (Å²) in [5, 5.41) is 0. The van der Waals surface area contributed by atoms with Crippen LogP contribution in [-0.2, 0) is 11.2 Å². The molecule has 94 valence electrons. The molecule has 3 nitrogen and oxygen atoms in total. The molecule has 1 aliphatic rings. The smallest absolute Gasteiger partial charge is 0.0749 e. The van der Waals surface area contributed by atoms with Crippen LogP contribution in [-0.4, -0.2) is 18.2 Å². The van der Waals surface area contributed by atoms with Crippen LogP contribution in [0.1, 0.15) is 25.3 Å². The fourth-order valence-corrected chi connectivity index (χ4v) is 2.66. The lowest BCUT2D eigenvalue weighted by Crippen LogP contribution is -2.45. The summed E-state index contributed by atoms with van der Waals surface area (Å²) >= 11 is 2.32. The lowest BCUT2D eigenvalue weighted by atomic mass is 10.00. The molecule has 0 aliphatic carbocycles. The van der Waals surface area contributed by atoms with Crippen molar-refractivity contribution in [1.29, 1.82) is 0 Å². The quantitative estimate of drug-likeness (QED) is 0.499. The van der Waals surface area contributed by atoms with E-state index in [-0.39, 0.29) is 12.1 Å². The van der Waals surface area contributed by atoms with Crippen LogP contribution in [0.5, 0.6) is 0 Å². The number of ether oxygens (including phenoxy) is 1. The van der Waals surface area contributed by atoms with E-state index in [1.165, 1.54) is 9.13 Å². The van der Waals surface area contributed by atoms with Gasteiger partial charge in [0.1, 0.15) is 0 Å². The first-order chi connectivity index (χ1) is 8.19. The molecule has 3 N–H and O–H groups in total. The molecule has 17 heavy (non-hydrogen) atoms. The lowest BCUT2D eigenvalue weighted by molar-refractivity contribution is 0.0320. The Morgan fingerprint density at radius 2 is 2.12 bits per heavy atom. The van der Waals surface area contributed by atoms with Crippen LogP contribution in [0.15, 0.2) is 24.3 Å². The van der Waals surface area contributed by atoms with Crippen molar-refractivity contribution in [3.05, 3.63) is 33.4 Å². The Bertz CT molecular complexity index is 355. The van der Waals surface area contributed by atoms with Crippen LogP contribution >= 0.6 is 22.6 Å². The van der Waals surface area contributed by atoms with E-state index >= 15 is 0 Å².